The van der Waals surface area contributed by atoms with Crippen LogP contribution in [0.5, 0.6) is 5.75 Å². The van der Waals surface area contributed by atoms with Gasteiger partial charge >= 0.3 is 5.97 Å². The number of aliphatic hydroxyl groups is 1. The van der Waals surface area contributed by atoms with Crippen molar-refractivity contribution in [3.8, 4) is 5.75 Å². The Morgan fingerprint density at radius 1 is 1.11 bits per heavy atom. The van der Waals surface area contributed by atoms with Crippen molar-refractivity contribution in [1.29, 1.82) is 0 Å². The molecular weight excluding hydrogens is 498 g/mol. The number of halogens is 1. The molecular formula is C27H26ClN3O6. The molecule has 1 aliphatic heterocycles. The highest BCUT2D eigenvalue weighted by molar-refractivity contribution is 6.46. The first-order chi connectivity index (χ1) is 17.8. The normalized spacial score (nSPS) is 16.7. The van der Waals surface area contributed by atoms with Gasteiger partial charge in [0.15, 0.2) is 0 Å². The van der Waals surface area contributed by atoms with Crippen LogP contribution in [0.15, 0.2) is 66.8 Å². The average molecular weight is 524 g/mol. The first kappa shape index (κ1) is 26.0. The molecule has 9 nitrogen and oxygen atoms in total. The van der Waals surface area contributed by atoms with Crippen LogP contribution in [0.3, 0.4) is 0 Å². The van der Waals surface area contributed by atoms with Crippen molar-refractivity contribution < 1.29 is 29.0 Å². The number of amides is 1. The molecule has 0 aliphatic carbocycles. The lowest BCUT2D eigenvalue weighted by Crippen LogP contribution is -2.31. The fraction of sp³-hybridized carbons (Fsp3) is 0.259. The topological polar surface area (TPSA) is 111 Å². The van der Waals surface area contributed by atoms with Crippen LogP contribution in [0.1, 0.15) is 40.9 Å². The Morgan fingerprint density at radius 2 is 1.84 bits per heavy atom. The molecule has 1 fully saturated rings. The predicted octanol–water partition coefficient (Wildman–Crippen LogP) is 4.23. The predicted molar refractivity (Wildman–Crippen MR) is 136 cm³/mol. The summed E-state index contributed by atoms with van der Waals surface area (Å²) in [5.74, 6) is -1.93. The number of ether oxygens (including phenoxy) is 2. The second kappa shape index (κ2) is 11.3. The number of nitrogens with zero attached hydrogens (tertiary/aromatic N) is 3. The molecule has 0 spiro atoms. The molecule has 192 valence electrons. The quantitative estimate of drug-likeness (QED) is 0.193. The van der Waals surface area contributed by atoms with Crippen LogP contribution in [0.25, 0.3) is 5.76 Å². The molecule has 0 radical (unpaired) electrons. The van der Waals surface area contributed by atoms with Gasteiger partial charge < -0.3 is 24.0 Å². The second-order valence-corrected chi connectivity index (χ2v) is 8.75. The number of ketones is 1. The molecule has 1 atom stereocenters. The van der Waals surface area contributed by atoms with E-state index in [9.17, 15) is 19.5 Å². The third kappa shape index (κ3) is 5.36. The lowest BCUT2D eigenvalue weighted by Gasteiger charge is -2.25. The molecule has 37 heavy (non-hydrogen) atoms. The summed E-state index contributed by atoms with van der Waals surface area (Å²) in [6.07, 6.45) is 5.70. The number of esters is 1. The van der Waals surface area contributed by atoms with Gasteiger partial charge in [0.05, 0.1) is 42.2 Å². The lowest BCUT2D eigenvalue weighted by molar-refractivity contribution is -0.139. The Kier molecular flexibility index (Phi) is 7.93. The molecule has 1 amide bonds. The van der Waals surface area contributed by atoms with Crippen LogP contribution >= 0.6 is 11.6 Å². The monoisotopic (exact) mass is 523 g/mol. The van der Waals surface area contributed by atoms with Gasteiger partial charge in [-0.15, -0.1) is 0 Å². The molecule has 1 aliphatic rings. The molecule has 4 rings (SSSR count). The summed E-state index contributed by atoms with van der Waals surface area (Å²) in [5, 5.41) is 11.5. The van der Waals surface area contributed by atoms with E-state index in [1.54, 1.807) is 48.9 Å². The largest absolute Gasteiger partial charge is 0.507 e. The summed E-state index contributed by atoms with van der Waals surface area (Å²) in [4.78, 5) is 43.7. The standard InChI is InChI=1S/C27H26ClN3O6/c1-3-37-21-10-9-19(15-20(21)28)24(32)22-23(17-5-7-18(8-6-17)27(35)36-2)31(26(34)25(22)33)13-4-12-30-14-11-29-16-30/h5-11,14-16,23,32H,3-4,12-13H2,1-2H3/t23-/m0/s1. The maximum Gasteiger partial charge on any atom is 0.337 e. The first-order valence-corrected chi connectivity index (χ1v) is 12.1. The first-order valence-electron chi connectivity index (χ1n) is 11.7. The van der Waals surface area contributed by atoms with Crippen molar-refractivity contribution in [2.75, 3.05) is 20.3 Å². The molecule has 1 N–H and O–H groups in total. The van der Waals surface area contributed by atoms with Crippen LogP contribution < -0.4 is 4.74 Å². The summed E-state index contributed by atoms with van der Waals surface area (Å²) in [5.41, 5.74) is 1.11. The van der Waals surface area contributed by atoms with Crippen LogP contribution in [0, 0.1) is 0 Å². The van der Waals surface area contributed by atoms with Crippen LogP contribution in [0.2, 0.25) is 5.02 Å². The highest BCUT2D eigenvalue weighted by Crippen LogP contribution is 2.40. The van der Waals surface area contributed by atoms with E-state index in [1.807, 2.05) is 17.7 Å². The number of rotatable bonds is 9. The number of aromatic nitrogens is 2. The van der Waals surface area contributed by atoms with Crippen molar-refractivity contribution in [2.24, 2.45) is 0 Å². The highest BCUT2D eigenvalue weighted by atomic mass is 35.5. The summed E-state index contributed by atoms with van der Waals surface area (Å²) in [6, 6.07) is 10.2. The van der Waals surface area contributed by atoms with E-state index < -0.39 is 23.7 Å². The van der Waals surface area contributed by atoms with Crippen molar-refractivity contribution in [3.63, 3.8) is 0 Å². The zero-order valence-corrected chi connectivity index (χ0v) is 21.1. The number of carbonyl (C=O) groups is 3. The molecule has 2 heterocycles. The third-order valence-electron chi connectivity index (χ3n) is 6.07. The Hall–Kier alpha value is -4.11. The van der Waals surface area contributed by atoms with Crippen molar-refractivity contribution in [2.45, 2.75) is 25.9 Å². The zero-order valence-electron chi connectivity index (χ0n) is 20.4. The van der Waals surface area contributed by atoms with Gasteiger partial charge in [0.1, 0.15) is 11.5 Å². The average Bonchev–Trinajstić information content (AvgIpc) is 3.51. The maximum atomic E-state index is 13.2. The number of hydrogen-bond donors (Lipinski definition) is 1. The fourth-order valence-electron chi connectivity index (χ4n) is 4.30. The van der Waals surface area contributed by atoms with E-state index in [0.717, 1.165) is 0 Å². The van der Waals surface area contributed by atoms with Crippen molar-refractivity contribution in [3.05, 3.63) is 88.5 Å². The number of hydrogen-bond acceptors (Lipinski definition) is 7. The number of aryl methyl sites for hydroxylation is 1. The number of aliphatic hydroxyl groups excluding tert-OH is 1. The number of Topliss-reactive ketones (excluding diaryl/α,β-unsaturated/α-hetero) is 1. The number of benzene rings is 2. The van der Waals surface area contributed by atoms with Gasteiger partial charge in [-0.2, -0.15) is 0 Å². The zero-order chi connectivity index (χ0) is 26.5. The Bertz CT molecular complexity index is 1330. The molecule has 3 aromatic rings. The summed E-state index contributed by atoms with van der Waals surface area (Å²) >= 11 is 6.31. The minimum absolute atomic E-state index is 0.0568. The van der Waals surface area contributed by atoms with Gasteiger partial charge in [0.2, 0.25) is 0 Å². The maximum absolute atomic E-state index is 13.2. The van der Waals surface area contributed by atoms with Crippen molar-refractivity contribution >= 4 is 35.0 Å². The molecule has 10 heteroatoms. The van der Waals surface area contributed by atoms with E-state index in [2.05, 4.69) is 4.98 Å². The molecule has 0 bridgehead atoms. The SMILES string of the molecule is CCOc1ccc(C(O)=C2C(=O)C(=O)N(CCCn3ccnc3)[C@H]2c2ccc(C(=O)OC)cc2)cc1Cl. The number of methoxy groups -OCH3 is 1. The van der Waals surface area contributed by atoms with Gasteiger partial charge in [-0.3, -0.25) is 9.59 Å². The molecule has 0 unspecified atom stereocenters. The van der Waals surface area contributed by atoms with E-state index in [1.165, 1.54) is 18.1 Å². The van der Waals surface area contributed by atoms with Crippen LogP contribution in [0.4, 0.5) is 0 Å². The number of imidazole rings is 1. The summed E-state index contributed by atoms with van der Waals surface area (Å²) in [7, 11) is 1.29. The van der Waals surface area contributed by atoms with Gasteiger partial charge in [-0.1, -0.05) is 23.7 Å². The smallest absolute Gasteiger partial charge is 0.337 e. The fourth-order valence-corrected chi connectivity index (χ4v) is 4.53. The summed E-state index contributed by atoms with van der Waals surface area (Å²) in [6.45, 7) is 3.08. The number of carbonyl (C=O) groups excluding carboxylic acids is 3. The van der Waals surface area contributed by atoms with Crippen LogP contribution in [-0.4, -0.2) is 57.5 Å². The molecule has 1 saturated heterocycles. The van der Waals surface area contributed by atoms with Crippen molar-refractivity contribution in [1.82, 2.24) is 14.5 Å². The third-order valence-corrected chi connectivity index (χ3v) is 6.36. The summed E-state index contributed by atoms with van der Waals surface area (Å²) < 4.78 is 12.1. The van der Waals surface area contributed by atoms with Gasteiger partial charge in [-0.05, 0) is 49.2 Å². The van der Waals surface area contributed by atoms with E-state index in [4.69, 9.17) is 21.1 Å². The van der Waals surface area contributed by atoms with Gasteiger partial charge in [0, 0.05) is 31.0 Å². The van der Waals surface area contributed by atoms with Gasteiger partial charge in [0.25, 0.3) is 11.7 Å². The number of likely N-dealkylation sites (tertiary alicyclic amines) is 1. The van der Waals surface area contributed by atoms with Gasteiger partial charge in [-0.25, -0.2) is 9.78 Å². The van der Waals surface area contributed by atoms with E-state index >= 15 is 0 Å². The minimum atomic E-state index is -0.861. The van der Waals surface area contributed by atoms with E-state index in [0.29, 0.717) is 36.4 Å². The Balaban J connectivity index is 1.74. The minimum Gasteiger partial charge on any atom is -0.507 e. The van der Waals surface area contributed by atoms with Crippen LogP contribution in [-0.2, 0) is 20.9 Å². The second-order valence-electron chi connectivity index (χ2n) is 8.34. The molecule has 1 aromatic heterocycles. The highest BCUT2D eigenvalue weighted by Gasteiger charge is 2.45. The molecule has 0 saturated carbocycles. The Labute approximate surface area is 218 Å². The lowest BCUT2D eigenvalue weighted by atomic mass is 9.94. The Morgan fingerprint density at radius 3 is 2.46 bits per heavy atom. The molecule has 2 aromatic carbocycles. The van der Waals surface area contributed by atoms with E-state index in [-0.39, 0.29) is 28.5 Å².